The second-order valence-corrected chi connectivity index (χ2v) is 4.88. The Morgan fingerprint density at radius 1 is 1.06 bits per heavy atom. The van der Waals surface area contributed by atoms with Crippen LogP contribution in [0.15, 0.2) is 0 Å². The minimum absolute atomic E-state index is 0.220. The number of carbonyl (C=O) groups is 2. The summed E-state index contributed by atoms with van der Waals surface area (Å²) < 4.78 is 4.84. The molecule has 0 aromatic rings. The quantitative estimate of drug-likeness (QED) is 0.370. The van der Waals surface area contributed by atoms with Gasteiger partial charge in [0.1, 0.15) is 0 Å². The van der Waals surface area contributed by atoms with Crippen molar-refractivity contribution in [2.24, 2.45) is 5.41 Å². The van der Waals surface area contributed by atoms with Crippen LogP contribution in [0.3, 0.4) is 0 Å². The summed E-state index contributed by atoms with van der Waals surface area (Å²) in [5.41, 5.74) is -1.39. The fraction of sp³-hybridized carbons (Fsp3) is 0.857. The second kappa shape index (κ2) is 8.95. The van der Waals surface area contributed by atoms with Gasteiger partial charge in [0.15, 0.2) is 5.41 Å². The van der Waals surface area contributed by atoms with Crippen LogP contribution in [0.1, 0.15) is 65.7 Å². The summed E-state index contributed by atoms with van der Waals surface area (Å²) in [6.07, 6.45) is 6.77. The summed E-state index contributed by atoms with van der Waals surface area (Å²) >= 11 is 0. The summed E-state index contributed by atoms with van der Waals surface area (Å²) in [6.45, 7) is 5.52. The van der Waals surface area contributed by atoms with Gasteiger partial charge in [-0.25, -0.2) is 0 Å². The number of esters is 1. The maximum atomic E-state index is 11.7. The van der Waals surface area contributed by atoms with Gasteiger partial charge >= 0.3 is 11.9 Å². The third kappa shape index (κ3) is 5.52. The SMILES string of the molecule is CCCCCCCCC(C)(C(=O)O)C(=O)OCC. The molecule has 0 fully saturated rings. The van der Waals surface area contributed by atoms with Gasteiger partial charge in [0, 0.05) is 0 Å². The molecule has 0 radical (unpaired) electrons. The van der Waals surface area contributed by atoms with E-state index in [4.69, 9.17) is 9.84 Å². The molecule has 0 aliphatic heterocycles. The third-order valence-electron chi connectivity index (χ3n) is 3.23. The molecule has 0 rings (SSSR count). The highest BCUT2D eigenvalue weighted by atomic mass is 16.5. The number of carboxylic acids is 1. The van der Waals surface area contributed by atoms with Gasteiger partial charge in [-0.05, 0) is 20.3 Å². The van der Waals surface area contributed by atoms with Crippen LogP contribution < -0.4 is 0 Å². The van der Waals surface area contributed by atoms with E-state index in [1.54, 1.807) is 6.92 Å². The van der Waals surface area contributed by atoms with Crippen molar-refractivity contribution >= 4 is 11.9 Å². The zero-order valence-corrected chi connectivity index (χ0v) is 11.8. The van der Waals surface area contributed by atoms with Crippen LogP contribution >= 0.6 is 0 Å². The molecule has 1 unspecified atom stereocenters. The standard InChI is InChI=1S/C14H26O4/c1-4-6-7-8-9-10-11-14(3,12(15)16)13(17)18-5-2/h4-11H2,1-3H3,(H,15,16). The molecule has 0 bridgehead atoms. The minimum Gasteiger partial charge on any atom is -0.480 e. The van der Waals surface area contributed by atoms with E-state index in [-0.39, 0.29) is 6.61 Å². The van der Waals surface area contributed by atoms with Crippen molar-refractivity contribution in [2.45, 2.75) is 65.7 Å². The summed E-state index contributed by atoms with van der Waals surface area (Å²) in [4.78, 5) is 22.9. The molecular weight excluding hydrogens is 232 g/mol. The molecule has 0 saturated heterocycles. The Kier molecular flexibility index (Phi) is 8.42. The van der Waals surface area contributed by atoms with E-state index in [0.717, 1.165) is 19.3 Å². The van der Waals surface area contributed by atoms with Gasteiger partial charge in [-0.3, -0.25) is 9.59 Å². The molecule has 0 aliphatic rings. The highest BCUT2D eigenvalue weighted by Crippen LogP contribution is 2.27. The molecule has 0 aliphatic carbocycles. The van der Waals surface area contributed by atoms with Crippen LogP contribution in [0.5, 0.6) is 0 Å². The average molecular weight is 258 g/mol. The summed E-state index contributed by atoms with van der Waals surface area (Å²) in [6, 6.07) is 0. The van der Waals surface area contributed by atoms with Gasteiger partial charge in [-0.2, -0.15) is 0 Å². The molecule has 4 heteroatoms. The molecule has 1 atom stereocenters. The molecule has 4 nitrogen and oxygen atoms in total. The third-order valence-corrected chi connectivity index (χ3v) is 3.23. The first-order chi connectivity index (χ1) is 8.49. The van der Waals surface area contributed by atoms with Crippen molar-refractivity contribution in [3.05, 3.63) is 0 Å². The highest BCUT2D eigenvalue weighted by molar-refractivity contribution is 5.98. The summed E-state index contributed by atoms with van der Waals surface area (Å²) in [5, 5.41) is 9.17. The minimum atomic E-state index is -1.39. The summed E-state index contributed by atoms with van der Waals surface area (Å²) in [7, 11) is 0. The normalized spacial score (nSPS) is 13.9. The lowest BCUT2D eigenvalue weighted by Crippen LogP contribution is -2.38. The van der Waals surface area contributed by atoms with Crippen molar-refractivity contribution < 1.29 is 19.4 Å². The van der Waals surface area contributed by atoms with Gasteiger partial charge in [0.05, 0.1) is 6.61 Å². The van der Waals surface area contributed by atoms with E-state index in [9.17, 15) is 9.59 Å². The Morgan fingerprint density at radius 3 is 2.11 bits per heavy atom. The van der Waals surface area contributed by atoms with Crippen LogP contribution in [0.4, 0.5) is 0 Å². The van der Waals surface area contributed by atoms with Gasteiger partial charge in [-0.1, -0.05) is 45.4 Å². The van der Waals surface area contributed by atoms with Crippen molar-refractivity contribution in [1.29, 1.82) is 0 Å². The van der Waals surface area contributed by atoms with Crippen LogP contribution in [0, 0.1) is 5.41 Å². The molecule has 106 valence electrons. The molecule has 18 heavy (non-hydrogen) atoms. The Balaban J connectivity index is 4.12. The zero-order chi connectivity index (χ0) is 14.0. The molecule has 0 amide bonds. The largest absolute Gasteiger partial charge is 0.480 e. The molecule has 0 aromatic heterocycles. The van der Waals surface area contributed by atoms with Gasteiger partial charge in [0.2, 0.25) is 0 Å². The Hall–Kier alpha value is -1.06. The number of hydrogen-bond acceptors (Lipinski definition) is 3. The summed E-state index contributed by atoms with van der Waals surface area (Å²) in [5.74, 6) is -1.71. The topological polar surface area (TPSA) is 63.6 Å². The lowest BCUT2D eigenvalue weighted by molar-refractivity contribution is -0.167. The van der Waals surface area contributed by atoms with Crippen LogP contribution in [0.2, 0.25) is 0 Å². The first-order valence-corrected chi connectivity index (χ1v) is 6.89. The number of unbranched alkanes of at least 4 members (excludes halogenated alkanes) is 5. The number of carbonyl (C=O) groups excluding carboxylic acids is 1. The maximum Gasteiger partial charge on any atom is 0.323 e. The molecule has 1 N–H and O–H groups in total. The van der Waals surface area contributed by atoms with Crippen molar-refractivity contribution in [1.82, 2.24) is 0 Å². The average Bonchev–Trinajstić information content (AvgIpc) is 2.33. The Morgan fingerprint density at radius 2 is 1.61 bits per heavy atom. The van der Waals surface area contributed by atoms with E-state index in [1.807, 2.05) is 0 Å². The van der Waals surface area contributed by atoms with E-state index in [0.29, 0.717) is 6.42 Å². The Labute approximate surface area is 110 Å². The fourth-order valence-electron chi connectivity index (χ4n) is 1.85. The molecule has 0 heterocycles. The molecule has 0 spiro atoms. The zero-order valence-electron chi connectivity index (χ0n) is 11.8. The maximum absolute atomic E-state index is 11.7. The number of carboxylic acid groups (broad SMARTS) is 1. The van der Waals surface area contributed by atoms with E-state index in [2.05, 4.69) is 6.92 Å². The number of aliphatic carboxylic acids is 1. The van der Waals surface area contributed by atoms with E-state index >= 15 is 0 Å². The molecular formula is C14H26O4. The van der Waals surface area contributed by atoms with Crippen molar-refractivity contribution in [2.75, 3.05) is 6.61 Å². The lowest BCUT2D eigenvalue weighted by Gasteiger charge is -2.22. The van der Waals surface area contributed by atoms with Gasteiger partial charge in [0.25, 0.3) is 0 Å². The number of ether oxygens (including phenoxy) is 1. The fourth-order valence-corrected chi connectivity index (χ4v) is 1.85. The predicted molar refractivity (Wildman–Crippen MR) is 70.4 cm³/mol. The Bertz CT molecular complexity index is 263. The number of rotatable bonds is 10. The first kappa shape index (κ1) is 16.9. The van der Waals surface area contributed by atoms with Crippen LogP contribution in [0.25, 0.3) is 0 Å². The first-order valence-electron chi connectivity index (χ1n) is 6.89. The van der Waals surface area contributed by atoms with E-state index < -0.39 is 17.4 Å². The van der Waals surface area contributed by atoms with Gasteiger partial charge in [-0.15, -0.1) is 0 Å². The smallest absolute Gasteiger partial charge is 0.323 e. The molecule has 0 saturated carbocycles. The monoisotopic (exact) mass is 258 g/mol. The van der Waals surface area contributed by atoms with E-state index in [1.165, 1.54) is 26.2 Å². The molecule has 0 aromatic carbocycles. The van der Waals surface area contributed by atoms with Crippen molar-refractivity contribution in [3.63, 3.8) is 0 Å². The second-order valence-electron chi connectivity index (χ2n) is 4.88. The predicted octanol–water partition coefficient (Wildman–Crippen LogP) is 3.39. The van der Waals surface area contributed by atoms with Crippen LogP contribution in [-0.4, -0.2) is 23.7 Å². The van der Waals surface area contributed by atoms with Gasteiger partial charge < -0.3 is 9.84 Å². The van der Waals surface area contributed by atoms with Crippen LogP contribution in [-0.2, 0) is 14.3 Å². The lowest BCUT2D eigenvalue weighted by atomic mass is 9.84. The highest BCUT2D eigenvalue weighted by Gasteiger charge is 2.42. The van der Waals surface area contributed by atoms with Crippen molar-refractivity contribution in [3.8, 4) is 0 Å². The number of hydrogen-bond donors (Lipinski definition) is 1.